The number of carbonyl (C=O) groups is 2. The minimum absolute atomic E-state index is 0.293. The van der Waals surface area contributed by atoms with Gasteiger partial charge in [-0.25, -0.2) is 5.43 Å². The fourth-order valence-corrected chi connectivity index (χ4v) is 3.09. The molecule has 0 atom stereocenters. The lowest BCUT2D eigenvalue weighted by molar-refractivity contribution is 0.0954. The molecule has 3 rings (SSSR count). The molecule has 3 aromatic carbocycles. The van der Waals surface area contributed by atoms with Crippen molar-refractivity contribution in [1.82, 2.24) is 5.43 Å². The molecule has 32 heavy (non-hydrogen) atoms. The van der Waals surface area contributed by atoms with Crippen molar-refractivity contribution in [3.8, 4) is 11.5 Å². The summed E-state index contributed by atoms with van der Waals surface area (Å²) in [6.45, 7) is 1.76. The van der Waals surface area contributed by atoms with Gasteiger partial charge in [-0.1, -0.05) is 17.7 Å². The van der Waals surface area contributed by atoms with Gasteiger partial charge in [0.05, 0.1) is 19.9 Å². The fraction of sp³-hybridized carbons (Fsp3) is 0.125. The molecule has 0 aliphatic carbocycles. The van der Waals surface area contributed by atoms with Crippen LogP contribution in [0.25, 0.3) is 0 Å². The van der Waals surface area contributed by atoms with E-state index in [1.807, 2.05) is 0 Å². The van der Waals surface area contributed by atoms with Crippen LogP contribution in [0.15, 0.2) is 71.8 Å². The number of hydrogen-bond acceptors (Lipinski definition) is 5. The molecule has 0 bridgehead atoms. The average Bonchev–Trinajstić information content (AvgIpc) is 2.82. The molecule has 0 aliphatic rings. The smallest absolute Gasteiger partial charge is 0.271 e. The van der Waals surface area contributed by atoms with Crippen LogP contribution in [0.2, 0.25) is 5.02 Å². The van der Waals surface area contributed by atoms with Crippen molar-refractivity contribution in [1.29, 1.82) is 0 Å². The van der Waals surface area contributed by atoms with E-state index in [0.29, 0.717) is 39.0 Å². The van der Waals surface area contributed by atoms with Crippen molar-refractivity contribution in [3.05, 3.63) is 88.4 Å². The second-order valence-corrected chi connectivity index (χ2v) is 7.18. The quantitative estimate of drug-likeness (QED) is 0.400. The van der Waals surface area contributed by atoms with Gasteiger partial charge in [0.1, 0.15) is 11.5 Å². The van der Waals surface area contributed by atoms with Crippen molar-refractivity contribution in [2.45, 2.75) is 6.92 Å². The minimum atomic E-state index is -0.385. The number of hydrazone groups is 1. The zero-order valence-electron chi connectivity index (χ0n) is 17.8. The lowest BCUT2D eigenvalue weighted by Crippen LogP contribution is -2.19. The number of methoxy groups -OCH3 is 2. The van der Waals surface area contributed by atoms with Crippen LogP contribution >= 0.6 is 11.6 Å². The summed E-state index contributed by atoms with van der Waals surface area (Å²) in [4.78, 5) is 24.8. The molecule has 0 heterocycles. The molecule has 0 fully saturated rings. The first-order valence-electron chi connectivity index (χ1n) is 9.65. The second-order valence-electron chi connectivity index (χ2n) is 6.75. The standard InChI is InChI=1S/C24H22ClN3O4/c1-15(21-12-11-20(31-2)14-22(21)32-3)27-28-24(30)16-7-9-19(10-8-16)26-23(29)17-5-4-6-18(25)13-17/h4-14H,1-3H3,(H,26,29)(H,28,30). The molecule has 0 spiro atoms. The van der Waals surface area contributed by atoms with E-state index < -0.39 is 0 Å². The third-order valence-corrected chi connectivity index (χ3v) is 4.85. The number of hydrogen-bond donors (Lipinski definition) is 2. The van der Waals surface area contributed by atoms with Gasteiger partial charge >= 0.3 is 0 Å². The van der Waals surface area contributed by atoms with E-state index in [1.54, 1.807) is 87.9 Å². The molecule has 164 valence electrons. The molecule has 0 unspecified atom stereocenters. The summed E-state index contributed by atoms with van der Waals surface area (Å²) >= 11 is 5.92. The van der Waals surface area contributed by atoms with Gasteiger partial charge in [0.2, 0.25) is 0 Å². The molecule has 3 aromatic rings. The molecule has 0 saturated heterocycles. The first-order valence-corrected chi connectivity index (χ1v) is 10.0. The highest BCUT2D eigenvalue weighted by atomic mass is 35.5. The fourth-order valence-electron chi connectivity index (χ4n) is 2.89. The highest BCUT2D eigenvalue weighted by molar-refractivity contribution is 6.31. The Kier molecular flexibility index (Phi) is 7.46. The molecule has 0 radical (unpaired) electrons. The Morgan fingerprint density at radius 1 is 0.875 bits per heavy atom. The Bertz CT molecular complexity index is 1160. The summed E-state index contributed by atoms with van der Waals surface area (Å²) in [5.74, 6) is 0.563. The maximum atomic E-state index is 12.5. The highest BCUT2D eigenvalue weighted by Gasteiger charge is 2.11. The number of ether oxygens (including phenoxy) is 2. The van der Waals surface area contributed by atoms with Crippen LogP contribution in [0.3, 0.4) is 0 Å². The summed E-state index contributed by atoms with van der Waals surface area (Å²) in [6, 6.07) is 18.5. The molecule has 2 amide bonds. The van der Waals surface area contributed by atoms with Crippen LogP contribution in [-0.2, 0) is 0 Å². The number of benzene rings is 3. The largest absolute Gasteiger partial charge is 0.497 e. The number of rotatable bonds is 7. The molecule has 2 N–H and O–H groups in total. The Morgan fingerprint density at radius 2 is 1.62 bits per heavy atom. The van der Waals surface area contributed by atoms with Crippen LogP contribution < -0.4 is 20.2 Å². The topological polar surface area (TPSA) is 89.0 Å². The predicted molar refractivity (Wildman–Crippen MR) is 125 cm³/mol. The summed E-state index contributed by atoms with van der Waals surface area (Å²) in [6.07, 6.45) is 0. The van der Waals surface area contributed by atoms with E-state index >= 15 is 0 Å². The van der Waals surface area contributed by atoms with E-state index in [2.05, 4.69) is 15.8 Å². The Balaban J connectivity index is 1.65. The number of halogens is 1. The minimum Gasteiger partial charge on any atom is -0.497 e. The van der Waals surface area contributed by atoms with Crippen LogP contribution in [-0.4, -0.2) is 31.7 Å². The first kappa shape index (κ1) is 22.8. The predicted octanol–water partition coefficient (Wildman–Crippen LogP) is 4.76. The van der Waals surface area contributed by atoms with E-state index in [1.165, 1.54) is 0 Å². The number of carbonyl (C=O) groups excluding carboxylic acids is 2. The molecule has 0 aliphatic heterocycles. The lowest BCUT2D eigenvalue weighted by atomic mass is 10.1. The molecule has 0 saturated carbocycles. The number of nitrogens with one attached hydrogen (secondary N) is 2. The van der Waals surface area contributed by atoms with E-state index in [-0.39, 0.29) is 11.8 Å². The van der Waals surface area contributed by atoms with E-state index in [4.69, 9.17) is 21.1 Å². The summed E-state index contributed by atoms with van der Waals surface area (Å²) < 4.78 is 10.6. The average molecular weight is 452 g/mol. The van der Waals surface area contributed by atoms with E-state index in [9.17, 15) is 9.59 Å². The molecule has 8 heteroatoms. The van der Waals surface area contributed by atoms with Gasteiger partial charge in [-0.3, -0.25) is 9.59 Å². The van der Waals surface area contributed by atoms with Crippen LogP contribution in [0.5, 0.6) is 11.5 Å². The third kappa shape index (κ3) is 5.65. The SMILES string of the molecule is COc1ccc(C(C)=NNC(=O)c2ccc(NC(=O)c3cccc(Cl)c3)cc2)c(OC)c1. The van der Waals surface area contributed by atoms with Crippen molar-refractivity contribution >= 4 is 34.8 Å². The van der Waals surface area contributed by atoms with Gasteiger partial charge < -0.3 is 14.8 Å². The van der Waals surface area contributed by atoms with Crippen molar-refractivity contribution in [2.24, 2.45) is 5.10 Å². The Labute approximate surface area is 191 Å². The Morgan fingerprint density at radius 3 is 2.28 bits per heavy atom. The zero-order chi connectivity index (χ0) is 23.1. The first-order chi connectivity index (χ1) is 15.4. The third-order valence-electron chi connectivity index (χ3n) is 4.62. The Hall–Kier alpha value is -3.84. The van der Waals surface area contributed by atoms with Crippen molar-refractivity contribution in [2.75, 3.05) is 19.5 Å². The molecular formula is C24H22ClN3O4. The van der Waals surface area contributed by atoms with Gasteiger partial charge in [0, 0.05) is 33.5 Å². The van der Waals surface area contributed by atoms with Gasteiger partial charge in [-0.2, -0.15) is 5.10 Å². The number of anilines is 1. The normalized spacial score (nSPS) is 10.9. The number of amides is 2. The summed E-state index contributed by atoms with van der Waals surface area (Å²) in [7, 11) is 3.13. The zero-order valence-corrected chi connectivity index (χ0v) is 18.6. The van der Waals surface area contributed by atoms with Crippen molar-refractivity contribution in [3.63, 3.8) is 0 Å². The number of nitrogens with zero attached hydrogens (tertiary/aromatic N) is 1. The summed E-state index contributed by atoms with van der Waals surface area (Å²) in [5.41, 5.74) is 5.22. The van der Waals surface area contributed by atoms with Gasteiger partial charge in [0.15, 0.2) is 0 Å². The monoisotopic (exact) mass is 451 g/mol. The van der Waals surface area contributed by atoms with Crippen molar-refractivity contribution < 1.29 is 19.1 Å². The molecule has 7 nitrogen and oxygen atoms in total. The maximum absolute atomic E-state index is 12.5. The van der Waals surface area contributed by atoms with Crippen LogP contribution in [0.4, 0.5) is 5.69 Å². The van der Waals surface area contributed by atoms with Crippen LogP contribution in [0.1, 0.15) is 33.2 Å². The second kappa shape index (κ2) is 10.5. The van der Waals surface area contributed by atoms with Crippen LogP contribution in [0, 0.1) is 0 Å². The van der Waals surface area contributed by atoms with Gasteiger partial charge in [0.25, 0.3) is 11.8 Å². The maximum Gasteiger partial charge on any atom is 0.271 e. The highest BCUT2D eigenvalue weighted by Crippen LogP contribution is 2.25. The van der Waals surface area contributed by atoms with Gasteiger partial charge in [-0.05, 0) is 61.5 Å². The molecular weight excluding hydrogens is 430 g/mol. The lowest BCUT2D eigenvalue weighted by Gasteiger charge is -2.10. The van der Waals surface area contributed by atoms with Gasteiger partial charge in [-0.15, -0.1) is 0 Å². The van der Waals surface area contributed by atoms with E-state index in [0.717, 1.165) is 5.56 Å². The summed E-state index contributed by atoms with van der Waals surface area (Å²) in [5, 5.41) is 7.41. The molecule has 0 aromatic heterocycles.